The molecule has 2 heterocycles. The van der Waals surface area contributed by atoms with Gasteiger partial charge >= 0.3 is 0 Å². The van der Waals surface area contributed by atoms with E-state index in [4.69, 9.17) is 4.74 Å². The van der Waals surface area contributed by atoms with Gasteiger partial charge in [0, 0.05) is 20.7 Å². The Balaban J connectivity index is 0.000000980. The molecule has 88 valence electrons. The number of hydrogen-bond acceptors (Lipinski definition) is 4. The van der Waals surface area contributed by atoms with E-state index >= 15 is 0 Å². The summed E-state index contributed by atoms with van der Waals surface area (Å²) >= 11 is 0. The van der Waals surface area contributed by atoms with Crippen LogP contribution in [0.2, 0.25) is 0 Å². The second-order valence-corrected chi connectivity index (χ2v) is 3.35. The van der Waals surface area contributed by atoms with Crippen LogP contribution in [0.3, 0.4) is 0 Å². The highest BCUT2D eigenvalue weighted by atomic mass is 35.5. The Morgan fingerprint density at radius 2 is 2.27 bits per heavy atom. The zero-order valence-electron chi connectivity index (χ0n) is 8.71. The fourth-order valence-corrected chi connectivity index (χ4v) is 1.69. The van der Waals surface area contributed by atoms with Crippen molar-refractivity contribution in [1.29, 1.82) is 0 Å². The summed E-state index contributed by atoms with van der Waals surface area (Å²) in [5.74, 6) is 0.986. The van der Waals surface area contributed by atoms with Gasteiger partial charge in [0.25, 0.3) is 0 Å². The molecule has 1 fully saturated rings. The summed E-state index contributed by atoms with van der Waals surface area (Å²) in [5, 5.41) is 11.3. The van der Waals surface area contributed by atoms with Gasteiger partial charge in [-0.2, -0.15) is 0 Å². The number of halogens is 2. The standard InChI is InChI=1S/C8H14N4O.2ClH/c1-12-5-10-11-8(12)7-3-6(13-2)4-9-7;;/h5-7,9H,3-4H2,1-2H3;2*1H/t6-,7+;;/m1../s1. The Morgan fingerprint density at radius 1 is 1.53 bits per heavy atom. The summed E-state index contributed by atoms with van der Waals surface area (Å²) in [5.41, 5.74) is 0. The van der Waals surface area contributed by atoms with Crippen molar-refractivity contribution in [3.8, 4) is 0 Å². The third-order valence-electron chi connectivity index (χ3n) is 2.48. The van der Waals surface area contributed by atoms with Crippen molar-refractivity contribution in [3.63, 3.8) is 0 Å². The SMILES string of the molecule is CO[C@H]1CN[C@H](c2nncn2C)C1.Cl.Cl. The first-order chi connectivity index (χ1) is 6.31. The molecule has 1 aromatic rings. The van der Waals surface area contributed by atoms with E-state index in [0.717, 1.165) is 18.8 Å². The Labute approximate surface area is 101 Å². The highest BCUT2D eigenvalue weighted by molar-refractivity contribution is 5.85. The van der Waals surface area contributed by atoms with Crippen LogP contribution in [0.5, 0.6) is 0 Å². The van der Waals surface area contributed by atoms with E-state index in [9.17, 15) is 0 Å². The smallest absolute Gasteiger partial charge is 0.149 e. The van der Waals surface area contributed by atoms with Crippen LogP contribution in [-0.2, 0) is 11.8 Å². The van der Waals surface area contributed by atoms with Crippen LogP contribution in [0.4, 0.5) is 0 Å². The van der Waals surface area contributed by atoms with Gasteiger partial charge in [0.05, 0.1) is 12.1 Å². The average molecular weight is 255 g/mol. The lowest BCUT2D eigenvalue weighted by Crippen LogP contribution is -2.18. The molecule has 0 aromatic carbocycles. The number of rotatable bonds is 2. The zero-order valence-corrected chi connectivity index (χ0v) is 10.3. The fraction of sp³-hybridized carbons (Fsp3) is 0.750. The minimum Gasteiger partial charge on any atom is -0.380 e. The van der Waals surface area contributed by atoms with E-state index < -0.39 is 0 Å². The monoisotopic (exact) mass is 254 g/mol. The van der Waals surface area contributed by atoms with Gasteiger partial charge in [-0.05, 0) is 6.42 Å². The minimum atomic E-state index is 0. The number of nitrogens with one attached hydrogen (secondary N) is 1. The van der Waals surface area contributed by atoms with E-state index in [0.29, 0.717) is 6.10 Å². The van der Waals surface area contributed by atoms with Gasteiger partial charge in [-0.15, -0.1) is 35.0 Å². The normalized spacial score (nSPS) is 24.4. The molecule has 7 heteroatoms. The third-order valence-corrected chi connectivity index (χ3v) is 2.48. The molecule has 0 bridgehead atoms. The summed E-state index contributed by atoms with van der Waals surface area (Å²) in [4.78, 5) is 0. The molecular formula is C8H16Cl2N4O. The molecule has 0 spiro atoms. The van der Waals surface area contributed by atoms with E-state index in [1.54, 1.807) is 13.4 Å². The molecule has 2 atom stereocenters. The second-order valence-electron chi connectivity index (χ2n) is 3.35. The van der Waals surface area contributed by atoms with Crippen molar-refractivity contribution in [3.05, 3.63) is 12.2 Å². The lowest BCUT2D eigenvalue weighted by atomic mass is 10.2. The van der Waals surface area contributed by atoms with Gasteiger partial charge < -0.3 is 14.6 Å². The molecule has 2 rings (SSSR count). The maximum Gasteiger partial charge on any atom is 0.149 e. The number of methoxy groups -OCH3 is 1. The summed E-state index contributed by atoms with van der Waals surface area (Å²) < 4.78 is 7.20. The highest BCUT2D eigenvalue weighted by Crippen LogP contribution is 2.22. The van der Waals surface area contributed by atoms with Crippen molar-refractivity contribution < 1.29 is 4.74 Å². The van der Waals surface area contributed by atoms with Crippen LogP contribution in [0.15, 0.2) is 6.33 Å². The van der Waals surface area contributed by atoms with Gasteiger partial charge in [0.1, 0.15) is 12.2 Å². The average Bonchev–Trinajstić information content (AvgIpc) is 2.71. The van der Waals surface area contributed by atoms with Crippen molar-refractivity contribution in [2.45, 2.75) is 18.6 Å². The van der Waals surface area contributed by atoms with E-state index in [1.807, 2.05) is 11.6 Å². The summed E-state index contributed by atoms with van der Waals surface area (Å²) in [6.07, 6.45) is 3.00. The number of hydrogen-bond donors (Lipinski definition) is 1. The number of nitrogens with zero attached hydrogens (tertiary/aromatic N) is 3. The first kappa shape index (κ1) is 14.6. The van der Waals surface area contributed by atoms with Crippen LogP contribution < -0.4 is 5.32 Å². The van der Waals surface area contributed by atoms with Crippen LogP contribution in [0.1, 0.15) is 18.3 Å². The number of ether oxygens (including phenoxy) is 1. The first-order valence-corrected chi connectivity index (χ1v) is 4.41. The maximum atomic E-state index is 5.26. The zero-order chi connectivity index (χ0) is 9.26. The second kappa shape index (κ2) is 6.27. The molecule has 0 saturated carbocycles. The molecule has 0 aliphatic carbocycles. The Kier molecular flexibility index (Phi) is 6.12. The number of aryl methyl sites for hydroxylation is 1. The molecule has 1 N–H and O–H groups in total. The maximum absolute atomic E-state index is 5.26. The highest BCUT2D eigenvalue weighted by Gasteiger charge is 2.27. The topological polar surface area (TPSA) is 52.0 Å². The fourth-order valence-electron chi connectivity index (χ4n) is 1.69. The molecule has 0 unspecified atom stereocenters. The molecule has 0 amide bonds. The van der Waals surface area contributed by atoms with Crippen molar-refractivity contribution in [2.24, 2.45) is 7.05 Å². The lowest BCUT2D eigenvalue weighted by Gasteiger charge is -2.08. The Hall–Kier alpha value is -0.360. The lowest BCUT2D eigenvalue weighted by molar-refractivity contribution is 0.117. The largest absolute Gasteiger partial charge is 0.380 e. The van der Waals surface area contributed by atoms with Crippen LogP contribution in [0, 0.1) is 0 Å². The molecule has 0 radical (unpaired) electrons. The van der Waals surface area contributed by atoms with Gasteiger partial charge in [-0.3, -0.25) is 0 Å². The Morgan fingerprint density at radius 3 is 2.73 bits per heavy atom. The molecule has 1 aliphatic rings. The predicted molar refractivity (Wildman–Crippen MR) is 61.7 cm³/mol. The van der Waals surface area contributed by atoms with Crippen LogP contribution in [0.25, 0.3) is 0 Å². The Bertz CT molecular complexity index is 294. The van der Waals surface area contributed by atoms with E-state index in [2.05, 4.69) is 15.5 Å². The third kappa shape index (κ3) is 3.04. The van der Waals surface area contributed by atoms with Gasteiger partial charge in [0.15, 0.2) is 0 Å². The van der Waals surface area contributed by atoms with E-state index in [-0.39, 0.29) is 30.9 Å². The summed E-state index contributed by atoms with van der Waals surface area (Å²) in [6.45, 7) is 0.897. The molecular weight excluding hydrogens is 239 g/mol. The molecule has 1 saturated heterocycles. The van der Waals surface area contributed by atoms with Crippen molar-refractivity contribution >= 4 is 24.8 Å². The molecule has 1 aromatic heterocycles. The molecule has 15 heavy (non-hydrogen) atoms. The van der Waals surface area contributed by atoms with Gasteiger partial charge in [0.2, 0.25) is 0 Å². The van der Waals surface area contributed by atoms with Crippen LogP contribution in [-0.4, -0.2) is 34.5 Å². The van der Waals surface area contributed by atoms with E-state index in [1.165, 1.54) is 0 Å². The van der Waals surface area contributed by atoms with Crippen LogP contribution >= 0.6 is 24.8 Å². The molecule has 1 aliphatic heterocycles. The van der Waals surface area contributed by atoms with Crippen molar-refractivity contribution in [2.75, 3.05) is 13.7 Å². The quantitative estimate of drug-likeness (QED) is 0.845. The molecule has 5 nitrogen and oxygen atoms in total. The van der Waals surface area contributed by atoms with Gasteiger partial charge in [-0.25, -0.2) is 0 Å². The summed E-state index contributed by atoms with van der Waals surface area (Å²) in [7, 11) is 3.70. The minimum absolute atomic E-state index is 0. The number of aromatic nitrogens is 3. The summed E-state index contributed by atoms with van der Waals surface area (Å²) in [6, 6.07) is 0.289. The first-order valence-electron chi connectivity index (χ1n) is 4.41. The van der Waals surface area contributed by atoms with Gasteiger partial charge in [-0.1, -0.05) is 0 Å². The predicted octanol–water partition coefficient (Wildman–Crippen LogP) is 0.708. The van der Waals surface area contributed by atoms with Crippen molar-refractivity contribution in [1.82, 2.24) is 20.1 Å².